The van der Waals surface area contributed by atoms with E-state index in [1.807, 2.05) is 30.3 Å². The number of carbonyl (C=O) groups is 3. The maximum absolute atomic E-state index is 13.1. The lowest BCUT2D eigenvalue weighted by Crippen LogP contribution is -2.49. The second-order valence-corrected chi connectivity index (χ2v) is 8.85. The molecule has 1 unspecified atom stereocenters. The number of benzene rings is 2. The molecule has 2 heterocycles. The largest absolute Gasteiger partial charge is 0.489 e. The molecule has 10 heteroatoms. The van der Waals surface area contributed by atoms with Crippen molar-refractivity contribution < 1.29 is 19.1 Å². The van der Waals surface area contributed by atoms with Gasteiger partial charge in [-0.05, 0) is 42.2 Å². The minimum absolute atomic E-state index is 0.0395. The lowest BCUT2D eigenvalue weighted by atomic mass is 10.1. The van der Waals surface area contributed by atoms with Gasteiger partial charge >= 0.3 is 0 Å². The summed E-state index contributed by atoms with van der Waals surface area (Å²) in [6.45, 7) is -0.0395. The SMILES string of the molecule is CN1C(=O)C(NC(=O)c2n[nH]c(Cc3ccccc3)n2)COc2ccc(/C=C/C(=O)NC3CC3)cc21. The third kappa shape index (κ3) is 5.43. The van der Waals surface area contributed by atoms with Crippen molar-refractivity contribution >= 4 is 29.5 Å². The Bertz CT molecular complexity index is 1310. The highest BCUT2D eigenvalue weighted by atomic mass is 16.5. The van der Waals surface area contributed by atoms with Gasteiger partial charge in [0.05, 0.1) is 5.69 Å². The predicted octanol–water partition coefficient (Wildman–Crippen LogP) is 1.84. The van der Waals surface area contributed by atoms with E-state index in [2.05, 4.69) is 25.8 Å². The van der Waals surface area contributed by atoms with Crippen molar-refractivity contribution in [2.24, 2.45) is 0 Å². The Kier molecular flexibility index (Phi) is 6.48. The van der Waals surface area contributed by atoms with E-state index >= 15 is 0 Å². The van der Waals surface area contributed by atoms with Crippen LogP contribution >= 0.6 is 0 Å². The smallest absolute Gasteiger partial charge is 0.291 e. The van der Waals surface area contributed by atoms with E-state index < -0.39 is 11.9 Å². The number of fused-ring (bicyclic) bond motifs is 1. The molecule has 1 aromatic heterocycles. The van der Waals surface area contributed by atoms with Crippen LogP contribution in [0, 0.1) is 0 Å². The summed E-state index contributed by atoms with van der Waals surface area (Å²) in [7, 11) is 1.62. The standard InChI is InChI=1S/C26H26N6O4/c1-32-20-13-17(8-12-23(33)27-18-9-10-18)7-11-21(20)36-15-19(26(32)35)28-25(34)24-29-22(30-31-24)14-16-5-3-2-4-6-16/h2-8,11-13,18-19H,9-10,14-15H2,1H3,(H,27,33)(H,28,34)(H,29,30,31)/b12-8+. The molecule has 0 spiro atoms. The van der Waals surface area contributed by atoms with Gasteiger partial charge in [0.2, 0.25) is 11.7 Å². The molecule has 1 aliphatic carbocycles. The van der Waals surface area contributed by atoms with Crippen molar-refractivity contribution in [3.63, 3.8) is 0 Å². The lowest BCUT2D eigenvalue weighted by Gasteiger charge is -2.20. The van der Waals surface area contributed by atoms with Crippen LogP contribution in [-0.4, -0.2) is 58.6 Å². The fraction of sp³-hybridized carbons (Fsp3) is 0.269. The number of aromatic nitrogens is 3. The van der Waals surface area contributed by atoms with Crippen LogP contribution in [0.1, 0.15) is 40.4 Å². The summed E-state index contributed by atoms with van der Waals surface area (Å²) in [6.07, 6.45) is 5.71. The predicted molar refractivity (Wildman–Crippen MR) is 132 cm³/mol. The van der Waals surface area contributed by atoms with Gasteiger partial charge in [-0.15, -0.1) is 5.10 Å². The molecule has 1 saturated carbocycles. The Balaban J connectivity index is 1.24. The third-order valence-corrected chi connectivity index (χ3v) is 5.98. The molecule has 184 valence electrons. The number of H-pyrrole nitrogens is 1. The van der Waals surface area contributed by atoms with Crippen molar-refractivity contribution in [2.45, 2.75) is 31.3 Å². The van der Waals surface area contributed by atoms with Gasteiger partial charge in [-0.3, -0.25) is 19.5 Å². The van der Waals surface area contributed by atoms with Crippen molar-refractivity contribution in [1.82, 2.24) is 25.8 Å². The van der Waals surface area contributed by atoms with Gasteiger partial charge in [0.15, 0.2) is 0 Å². The fourth-order valence-corrected chi connectivity index (χ4v) is 3.86. The summed E-state index contributed by atoms with van der Waals surface area (Å²) in [4.78, 5) is 43.5. The Morgan fingerprint density at radius 3 is 2.75 bits per heavy atom. The molecule has 5 rings (SSSR count). The van der Waals surface area contributed by atoms with E-state index in [9.17, 15) is 14.4 Å². The maximum Gasteiger partial charge on any atom is 0.291 e. The Hall–Kier alpha value is -4.47. The molecule has 3 aromatic rings. The Labute approximate surface area is 207 Å². The normalized spacial score (nSPS) is 17.3. The van der Waals surface area contributed by atoms with Crippen LogP contribution in [0.2, 0.25) is 0 Å². The van der Waals surface area contributed by atoms with E-state index in [1.54, 1.807) is 31.3 Å². The zero-order chi connectivity index (χ0) is 25.1. The number of ether oxygens (including phenoxy) is 1. The molecule has 3 N–H and O–H groups in total. The van der Waals surface area contributed by atoms with E-state index in [0.29, 0.717) is 23.7 Å². The van der Waals surface area contributed by atoms with Crippen LogP contribution in [0.15, 0.2) is 54.6 Å². The van der Waals surface area contributed by atoms with Crippen LogP contribution in [0.25, 0.3) is 6.08 Å². The minimum atomic E-state index is -0.922. The highest BCUT2D eigenvalue weighted by Gasteiger charge is 2.31. The zero-order valence-corrected chi connectivity index (χ0v) is 19.7. The molecule has 1 atom stereocenters. The van der Waals surface area contributed by atoms with Gasteiger partial charge in [-0.25, -0.2) is 4.98 Å². The summed E-state index contributed by atoms with van der Waals surface area (Å²) in [6, 6.07) is 14.4. The van der Waals surface area contributed by atoms with Crippen molar-refractivity contribution in [3.05, 3.63) is 77.4 Å². The topological polar surface area (TPSA) is 129 Å². The number of likely N-dealkylation sites (N-methyl/N-ethyl adjacent to an activating group) is 1. The van der Waals surface area contributed by atoms with Gasteiger partial charge in [-0.1, -0.05) is 36.4 Å². The molecule has 0 radical (unpaired) electrons. The van der Waals surface area contributed by atoms with Crippen molar-refractivity contribution in [1.29, 1.82) is 0 Å². The number of anilines is 1. The van der Waals surface area contributed by atoms with Crippen LogP contribution in [0.5, 0.6) is 5.75 Å². The zero-order valence-electron chi connectivity index (χ0n) is 19.7. The van der Waals surface area contributed by atoms with Gasteiger partial charge in [0.25, 0.3) is 11.8 Å². The number of amides is 3. The molecule has 2 aromatic carbocycles. The molecule has 0 bridgehead atoms. The molecule has 1 fully saturated rings. The summed E-state index contributed by atoms with van der Waals surface area (Å²) < 4.78 is 5.84. The van der Waals surface area contributed by atoms with Crippen molar-refractivity contribution in [2.75, 3.05) is 18.6 Å². The number of aromatic amines is 1. The number of hydrogen-bond donors (Lipinski definition) is 3. The molecular formula is C26H26N6O4. The van der Waals surface area contributed by atoms with Crippen LogP contribution in [-0.2, 0) is 16.0 Å². The molecule has 10 nitrogen and oxygen atoms in total. The van der Waals surface area contributed by atoms with Gasteiger partial charge in [-0.2, -0.15) is 0 Å². The average molecular weight is 487 g/mol. The molecule has 3 amide bonds. The Morgan fingerprint density at radius 2 is 1.97 bits per heavy atom. The second kappa shape index (κ2) is 10.0. The molecule has 0 saturated heterocycles. The highest BCUT2D eigenvalue weighted by Crippen LogP contribution is 2.32. The van der Waals surface area contributed by atoms with Gasteiger partial charge in [0.1, 0.15) is 24.2 Å². The second-order valence-electron chi connectivity index (χ2n) is 8.85. The average Bonchev–Trinajstić information content (AvgIpc) is 3.60. The Morgan fingerprint density at radius 1 is 1.17 bits per heavy atom. The van der Waals surface area contributed by atoms with Gasteiger partial charge in [0, 0.05) is 25.6 Å². The first-order chi connectivity index (χ1) is 17.5. The highest BCUT2D eigenvalue weighted by molar-refractivity contribution is 6.02. The van der Waals surface area contributed by atoms with E-state index in [4.69, 9.17) is 4.74 Å². The number of carbonyl (C=O) groups excluding carboxylic acids is 3. The summed E-state index contributed by atoms with van der Waals surface area (Å²) in [5.41, 5.74) is 2.33. The van der Waals surface area contributed by atoms with Crippen LogP contribution in [0.3, 0.4) is 0 Å². The van der Waals surface area contributed by atoms with Crippen LogP contribution < -0.4 is 20.3 Å². The van der Waals surface area contributed by atoms with Crippen molar-refractivity contribution in [3.8, 4) is 5.75 Å². The van der Waals surface area contributed by atoms with E-state index in [1.165, 1.54) is 11.0 Å². The van der Waals surface area contributed by atoms with E-state index in [0.717, 1.165) is 24.0 Å². The number of nitrogens with zero attached hydrogens (tertiary/aromatic N) is 3. The summed E-state index contributed by atoms with van der Waals surface area (Å²) in [5, 5.41) is 12.3. The lowest BCUT2D eigenvalue weighted by molar-refractivity contribution is -0.120. The van der Waals surface area contributed by atoms with Crippen LogP contribution in [0.4, 0.5) is 5.69 Å². The number of nitrogens with one attached hydrogen (secondary N) is 3. The monoisotopic (exact) mass is 486 g/mol. The first-order valence-corrected chi connectivity index (χ1v) is 11.8. The first kappa shape index (κ1) is 23.3. The molecular weight excluding hydrogens is 460 g/mol. The summed E-state index contributed by atoms with van der Waals surface area (Å²) in [5.74, 6) is -0.0484. The van der Waals surface area contributed by atoms with E-state index in [-0.39, 0.29) is 30.3 Å². The first-order valence-electron chi connectivity index (χ1n) is 11.8. The fourth-order valence-electron chi connectivity index (χ4n) is 3.86. The van der Waals surface area contributed by atoms with Gasteiger partial charge < -0.3 is 20.3 Å². The molecule has 2 aliphatic rings. The number of rotatable bonds is 7. The molecule has 36 heavy (non-hydrogen) atoms. The third-order valence-electron chi connectivity index (χ3n) is 5.98. The molecule has 1 aliphatic heterocycles. The minimum Gasteiger partial charge on any atom is -0.489 e. The summed E-state index contributed by atoms with van der Waals surface area (Å²) >= 11 is 0. The maximum atomic E-state index is 13.1. The quantitative estimate of drug-likeness (QED) is 0.437. The number of hydrogen-bond acceptors (Lipinski definition) is 6.